The van der Waals surface area contributed by atoms with Crippen molar-refractivity contribution in [1.29, 1.82) is 0 Å². The van der Waals surface area contributed by atoms with Gasteiger partial charge in [0.05, 0.1) is 6.10 Å². The fourth-order valence-electron chi connectivity index (χ4n) is 0.819. The van der Waals surface area contributed by atoms with Crippen molar-refractivity contribution >= 4 is 16.0 Å². The van der Waals surface area contributed by atoms with E-state index >= 15 is 0 Å². The summed E-state index contributed by atoms with van der Waals surface area (Å²) in [6.07, 6.45) is -0.499. The van der Waals surface area contributed by atoms with Gasteiger partial charge in [-0.3, -0.25) is 4.79 Å². The lowest BCUT2D eigenvalue weighted by Gasteiger charge is -2.07. The molecule has 0 aliphatic carbocycles. The second kappa shape index (κ2) is 6.72. The van der Waals surface area contributed by atoms with Gasteiger partial charge in [0, 0.05) is 19.6 Å². The molecule has 90 valence electrons. The van der Waals surface area contributed by atoms with Gasteiger partial charge in [0.25, 0.3) is 0 Å². The van der Waals surface area contributed by atoms with E-state index in [9.17, 15) is 13.2 Å². The third-order valence-electron chi connectivity index (χ3n) is 1.38. The van der Waals surface area contributed by atoms with Crippen molar-refractivity contribution in [2.24, 2.45) is 0 Å². The Labute approximate surface area is 88.5 Å². The van der Waals surface area contributed by atoms with E-state index in [2.05, 4.69) is 10.0 Å². The summed E-state index contributed by atoms with van der Waals surface area (Å²) >= 11 is 0. The molecule has 0 aromatic heterocycles. The first kappa shape index (κ1) is 14.3. The Morgan fingerprint density at radius 3 is 2.47 bits per heavy atom. The molecule has 7 nitrogen and oxygen atoms in total. The highest BCUT2D eigenvalue weighted by Gasteiger charge is 2.13. The molecular weight excluding hydrogens is 224 g/mol. The topological polar surface area (TPSA) is 116 Å². The Bertz CT molecular complexity index is 288. The largest absolute Gasteiger partial charge is 0.480 e. The van der Waals surface area contributed by atoms with Crippen LogP contribution in [-0.2, 0) is 14.8 Å². The van der Waals surface area contributed by atoms with Crippen LogP contribution in [0.15, 0.2) is 0 Å². The van der Waals surface area contributed by atoms with Crippen LogP contribution in [0.25, 0.3) is 0 Å². The van der Waals surface area contributed by atoms with Crippen molar-refractivity contribution in [3.05, 3.63) is 0 Å². The van der Waals surface area contributed by atoms with Crippen molar-refractivity contribution in [3.8, 4) is 0 Å². The molecule has 0 saturated heterocycles. The number of aliphatic hydroxyl groups is 1. The van der Waals surface area contributed by atoms with Crippen LogP contribution in [0, 0.1) is 0 Å². The molecule has 0 spiro atoms. The normalized spacial score (nSPS) is 13.7. The third kappa shape index (κ3) is 9.60. The Morgan fingerprint density at radius 2 is 2.00 bits per heavy atom. The van der Waals surface area contributed by atoms with Crippen LogP contribution in [0.2, 0.25) is 0 Å². The minimum atomic E-state index is -3.73. The van der Waals surface area contributed by atoms with Gasteiger partial charge in [0.2, 0.25) is 10.0 Å². The Balaban J connectivity index is 3.63. The van der Waals surface area contributed by atoms with Gasteiger partial charge < -0.3 is 15.5 Å². The van der Waals surface area contributed by atoms with Gasteiger partial charge in [0.1, 0.15) is 0 Å². The van der Waals surface area contributed by atoms with E-state index < -0.39 is 27.8 Å². The molecule has 8 heteroatoms. The molecule has 0 aliphatic heterocycles. The first-order chi connectivity index (χ1) is 6.83. The summed E-state index contributed by atoms with van der Waals surface area (Å²) in [4.78, 5) is 10.1. The second-order valence-corrected chi connectivity index (χ2v) is 4.91. The molecule has 15 heavy (non-hydrogen) atoms. The molecule has 1 unspecified atom stereocenters. The van der Waals surface area contributed by atoms with E-state index in [0.717, 1.165) is 0 Å². The maximum Gasteiger partial charge on any atom is 0.320 e. The van der Waals surface area contributed by atoms with Gasteiger partial charge in [-0.25, -0.2) is 13.1 Å². The highest BCUT2D eigenvalue weighted by Crippen LogP contribution is 1.82. The predicted octanol–water partition coefficient (Wildman–Crippen LogP) is -2.04. The van der Waals surface area contributed by atoms with Gasteiger partial charge in [-0.1, -0.05) is 0 Å². The molecule has 0 aromatic carbocycles. The summed E-state index contributed by atoms with van der Waals surface area (Å²) in [5.41, 5.74) is 0. The zero-order valence-corrected chi connectivity index (χ0v) is 9.25. The van der Waals surface area contributed by atoms with E-state index in [0.29, 0.717) is 13.1 Å². The van der Waals surface area contributed by atoms with Crippen molar-refractivity contribution < 1.29 is 23.4 Å². The smallest absolute Gasteiger partial charge is 0.320 e. The second-order valence-electron chi connectivity index (χ2n) is 3.10. The first-order valence-electron chi connectivity index (χ1n) is 4.41. The number of carboxylic acids is 1. The lowest BCUT2D eigenvalue weighted by molar-refractivity contribution is -0.134. The van der Waals surface area contributed by atoms with E-state index in [4.69, 9.17) is 10.2 Å². The number of hydrogen-bond acceptors (Lipinski definition) is 5. The number of sulfonamides is 1. The number of carbonyl (C=O) groups is 1. The number of hydrogen-bond donors (Lipinski definition) is 4. The monoisotopic (exact) mass is 240 g/mol. The molecule has 1 atom stereocenters. The Kier molecular flexibility index (Phi) is 6.41. The zero-order chi connectivity index (χ0) is 11.9. The van der Waals surface area contributed by atoms with Gasteiger partial charge in [-0.05, 0) is 6.92 Å². The molecule has 0 aromatic rings. The fourth-order valence-corrected chi connectivity index (χ4v) is 1.66. The minimum absolute atomic E-state index is 0.0995. The number of carboxylic acid groups (broad SMARTS) is 1. The molecule has 0 fully saturated rings. The van der Waals surface area contributed by atoms with E-state index in [1.54, 1.807) is 6.92 Å². The van der Waals surface area contributed by atoms with Crippen molar-refractivity contribution in [2.75, 3.05) is 25.4 Å². The third-order valence-corrected chi connectivity index (χ3v) is 2.65. The minimum Gasteiger partial charge on any atom is -0.480 e. The van der Waals surface area contributed by atoms with Crippen LogP contribution in [0.5, 0.6) is 0 Å². The molecule has 0 saturated carbocycles. The molecule has 0 heterocycles. The summed E-state index contributed by atoms with van der Waals surface area (Å²) in [5.74, 6) is -2.32. The molecule has 0 aliphatic rings. The molecular formula is C7H16N2O5S. The summed E-state index contributed by atoms with van der Waals surface area (Å²) in [5, 5.41) is 19.9. The van der Waals surface area contributed by atoms with Crippen molar-refractivity contribution in [3.63, 3.8) is 0 Å². The molecule has 0 bridgehead atoms. The lowest BCUT2D eigenvalue weighted by atomic mass is 10.4. The quantitative estimate of drug-likeness (QED) is 0.363. The van der Waals surface area contributed by atoms with Crippen LogP contribution in [-0.4, -0.2) is 56.1 Å². The highest BCUT2D eigenvalue weighted by atomic mass is 32.2. The van der Waals surface area contributed by atoms with Gasteiger partial charge >= 0.3 is 5.97 Å². The SMILES string of the molecule is CC(O)CNCCNS(=O)(=O)CC(=O)O. The Morgan fingerprint density at radius 1 is 1.40 bits per heavy atom. The van der Waals surface area contributed by atoms with E-state index in [-0.39, 0.29) is 6.54 Å². The van der Waals surface area contributed by atoms with Crippen LogP contribution in [0.4, 0.5) is 0 Å². The molecule has 0 amide bonds. The maximum atomic E-state index is 11.0. The van der Waals surface area contributed by atoms with Crippen LogP contribution in [0.1, 0.15) is 6.92 Å². The summed E-state index contributed by atoms with van der Waals surface area (Å²) in [6, 6.07) is 0. The summed E-state index contributed by atoms with van der Waals surface area (Å²) in [6.45, 7) is 2.40. The number of aliphatic hydroxyl groups excluding tert-OH is 1. The van der Waals surface area contributed by atoms with E-state index in [1.807, 2.05) is 0 Å². The highest BCUT2D eigenvalue weighted by molar-refractivity contribution is 7.90. The summed E-state index contributed by atoms with van der Waals surface area (Å²) in [7, 11) is -3.73. The van der Waals surface area contributed by atoms with Gasteiger partial charge in [-0.2, -0.15) is 0 Å². The van der Waals surface area contributed by atoms with Crippen LogP contribution >= 0.6 is 0 Å². The first-order valence-corrected chi connectivity index (χ1v) is 6.06. The Hall–Kier alpha value is -0.700. The van der Waals surface area contributed by atoms with Crippen LogP contribution in [0.3, 0.4) is 0 Å². The van der Waals surface area contributed by atoms with Crippen molar-refractivity contribution in [2.45, 2.75) is 13.0 Å². The molecule has 0 radical (unpaired) electrons. The van der Waals surface area contributed by atoms with Gasteiger partial charge in [-0.15, -0.1) is 0 Å². The molecule has 4 N–H and O–H groups in total. The number of aliphatic carboxylic acids is 1. The zero-order valence-electron chi connectivity index (χ0n) is 8.43. The summed E-state index contributed by atoms with van der Waals surface area (Å²) < 4.78 is 24.0. The average Bonchev–Trinajstić information content (AvgIpc) is 1.99. The average molecular weight is 240 g/mol. The number of nitrogens with one attached hydrogen (secondary N) is 2. The standard InChI is InChI=1S/C7H16N2O5S/c1-6(10)4-8-2-3-9-15(13,14)5-7(11)12/h6,8-10H,2-5H2,1H3,(H,11,12). The van der Waals surface area contributed by atoms with Crippen molar-refractivity contribution in [1.82, 2.24) is 10.0 Å². The fraction of sp³-hybridized carbons (Fsp3) is 0.857. The van der Waals surface area contributed by atoms with Crippen LogP contribution < -0.4 is 10.0 Å². The lowest BCUT2D eigenvalue weighted by Crippen LogP contribution is -2.36. The maximum absolute atomic E-state index is 11.0. The number of rotatable bonds is 8. The molecule has 0 rings (SSSR count). The predicted molar refractivity (Wildman–Crippen MR) is 54.0 cm³/mol. The van der Waals surface area contributed by atoms with Gasteiger partial charge in [0.15, 0.2) is 5.75 Å². The van der Waals surface area contributed by atoms with E-state index in [1.165, 1.54) is 0 Å².